The summed E-state index contributed by atoms with van der Waals surface area (Å²) in [4.78, 5) is 24.3. The first-order chi connectivity index (χ1) is 10.5. The molecule has 0 fully saturated rings. The number of hydrogen-bond donors (Lipinski definition) is 2. The Bertz CT molecular complexity index is 505. The number of aliphatic carboxylic acids is 1. The van der Waals surface area contributed by atoms with E-state index in [-0.39, 0.29) is 12.5 Å². The largest absolute Gasteiger partial charge is 0.480 e. The van der Waals surface area contributed by atoms with Gasteiger partial charge < -0.3 is 15.2 Å². The van der Waals surface area contributed by atoms with Crippen LogP contribution in [0.15, 0.2) is 24.3 Å². The van der Waals surface area contributed by atoms with Crippen LogP contribution >= 0.6 is 0 Å². The van der Waals surface area contributed by atoms with Crippen LogP contribution in [0.2, 0.25) is 0 Å². The van der Waals surface area contributed by atoms with E-state index in [4.69, 9.17) is 9.84 Å². The van der Waals surface area contributed by atoms with Gasteiger partial charge in [0.25, 0.3) is 0 Å². The molecule has 0 saturated heterocycles. The van der Waals surface area contributed by atoms with Crippen LogP contribution in [0.5, 0.6) is 0 Å². The number of carboxylic acids is 1. The fraction of sp³-hybridized carbons (Fsp3) is 0.500. The lowest BCUT2D eigenvalue weighted by Crippen LogP contribution is -2.42. The number of ether oxygens (including phenoxy) is 1. The summed E-state index contributed by atoms with van der Waals surface area (Å²) in [7, 11) is 1.61. The van der Waals surface area contributed by atoms with E-state index in [1.165, 1.54) is 4.90 Å². The van der Waals surface area contributed by atoms with E-state index in [1.807, 2.05) is 31.2 Å². The lowest BCUT2D eigenvalue weighted by Gasteiger charge is -2.20. The number of likely N-dealkylation sites (N-methyl/N-ethyl adjacent to an activating group) is 1. The Labute approximate surface area is 131 Å². The Kier molecular flexibility index (Phi) is 7.56. The molecule has 1 atom stereocenters. The van der Waals surface area contributed by atoms with Crippen molar-refractivity contribution in [2.24, 2.45) is 0 Å². The quantitative estimate of drug-likeness (QED) is 0.717. The van der Waals surface area contributed by atoms with E-state index in [0.717, 1.165) is 11.1 Å². The Morgan fingerprint density at radius 3 is 2.55 bits per heavy atom. The van der Waals surface area contributed by atoms with Gasteiger partial charge in [0.15, 0.2) is 0 Å². The number of benzene rings is 1. The number of nitrogens with zero attached hydrogens (tertiary/aromatic N) is 1. The van der Waals surface area contributed by atoms with Gasteiger partial charge in [-0.05, 0) is 32.0 Å². The van der Waals surface area contributed by atoms with Gasteiger partial charge in [-0.2, -0.15) is 0 Å². The van der Waals surface area contributed by atoms with Crippen molar-refractivity contribution < 1.29 is 19.4 Å². The van der Waals surface area contributed by atoms with Crippen molar-refractivity contribution in [1.82, 2.24) is 10.2 Å². The van der Waals surface area contributed by atoms with Crippen LogP contribution in [0.4, 0.5) is 0 Å². The summed E-state index contributed by atoms with van der Waals surface area (Å²) in [6, 6.07) is 7.06. The minimum absolute atomic E-state index is 0.0428. The summed E-state index contributed by atoms with van der Waals surface area (Å²) in [5.74, 6) is -1.15. The number of carbonyl (C=O) groups is 2. The maximum Gasteiger partial charge on any atom is 0.320 e. The molecule has 1 unspecified atom stereocenters. The fourth-order valence-electron chi connectivity index (χ4n) is 1.88. The lowest BCUT2D eigenvalue weighted by molar-refractivity contribution is -0.142. The first-order valence-corrected chi connectivity index (χ1v) is 7.30. The molecule has 1 amide bonds. The lowest BCUT2D eigenvalue weighted by atomic mass is 10.1. The molecule has 22 heavy (non-hydrogen) atoms. The highest BCUT2D eigenvalue weighted by atomic mass is 16.5. The van der Waals surface area contributed by atoms with Gasteiger partial charge in [-0.1, -0.05) is 24.3 Å². The minimum atomic E-state index is -0.947. The van der Waals surface area contributed by atoms with Crippen LogP contribution in [0.25, 0.3) is 0 Å². The van der Waals surface area contributed by atoms with Crippen LogP contribution in [0, 0.1) is 0 Å². The van der Waals surface area contributed by atoms with Crippen molar-refractivity contribution in [3.05, 3.63) is 35.4 Å². The summed E-state index contributed by atoms with van der Waals surface area (Å²) in [5, 5.41) is 11.7. The summed E-state index contributed by atoms with van der Waals surface area (Å²) in [6.07, 6.45) is 0. The fourth-order valence-corrected chi connectivity index (χ4v) is 1.88. The molecule has 1 aromatic carbocycles. The second kappa shape index (κ2) is 9.17. The highest BCUT2D eigenvalue weighted by molar-refractivity contribution is 5.79. The third kappa shape index (κ3) is 5.83. The minimum Gasteiger partial charge on any atom is -0.480 e. The number of carbonyl (C=O) groups excluding carboxylic acids is 1. The molecule has 6 heteroatoms. The number of rotatable bonds is 9. The van der Waals surface area contributed by atoms with Gasteiger partial charge in [-0.15, -0.1) is 0 Å². The van der Waals surface area contributed by atoms with Crippen LogP contribution in [0.1, 0.15) is 25.0 Å². The predicted octanol–water partition coefficient (Wildman–Crippen LogP) is 1.24. The molecule has 0 bridgehead atoms. The molecule has 0 radical (unpaired) electrons. The van der Waals surface area contributed by atoms with Crippen LogP contribution in [0.3, 0.4) is 0 Å². The summed E-state index contributed by atoms with van der Waals surface area (Å²) >= 11 is 0. The van der Waals surface area contributed by atoms with E-state index in [9.17, 15) is 9.59 Å². The van der Waals surface area contributed by atoms with E-state index < -0.39 is 12.0 Å². The van der Waals surface area contributed by atoms with Gasteiger partial charge in [0.1, 0.15) is 6.04 Å². The average Bonchev–Trinajstić information content (AvgIpc) is 2.50. The monoisotopic (exact) mass is 308 g/mol. The summed E-state index contributed by atoms with van der Waals surface area (Å²) in [6.45, 7) is 5.08. The van der Waals surface area contributed by atoms with Gasteiger partial charge in [0.2, 0.25) is 5.91 Å². The second-order valence-electron chi connectivity index (χ2n) is 5.11. The van der Waals surface area contributed by atoms with Gasteiger partial charge in [0, 0.05) is 13.2 Å². The molecule has 122 valence electrons. The zero-order valence-corrected chi connectivity index (χ0v) is 13.3. The molecule has 0 spiro atoms. The topological polar surface area (TPSA) is 78.9 Å². The maximum atomic E-state index is 11.9. The summed E-state index contributed by atoms with van der Waals surface area (Å²) < 4.78 is 5.40. The first kappa shape index (κ1) is 18.1. The van der Waals surface area contributed by atoms with Crippen molar-refractivity contribution in [2.45, 2.75) is 33.0 Å². The Hall–Kier alpha value is -1.92. The molecule has 1 rings (SSSR count). The number of amides is 1. The molecule has 0 saturated carbocycles. The highest BCUT2D eigenvalue weighted by Crippen LogP contribution is 2.10. The van der Waals surface area contributed by atoms with Crippen molar-refractivity contribution in [3.8, 4) is 0 Å². The average molecular weight is 308 g/mol. The molecule has 0 heterocycles. The molecule has 6 nitrogen and oxygen atoms in total. The van der Waals surface area contributed by atoms with Crippen molar-refractivity contribution in [1.29, 1.82) is 0 Å². The standard InChI is InChI=1S/C16H24N2O4/c1-4-22-11-14-8-6-5-7-13(14)9-17-15(19)10-18(3)12(2)16(20)21/h5-8,12H,4,9-11H2,1-3H3,(H,17,19)(H,20,21). The maximum absolute atomic E-state index is 11.9. The molecule has 0 aliphatic carbocycles. The normalized spacial score (nSPS) is 12.2. The third-order valence-corrected chi connectivity index (χ3v) is 3.47. The summed E-state index contributed by atoms with van der Waals surface area (Å²) in [5.41, 5.74) is 2.04. The second-order valence-corrected chi connectivity index (χ2v) is 5.11. The smallest absolute Gasteiger partial charge is 0.320 e. The van der Waals surface area contributed by atoms with E-state index in [0.29, 0.717) is 19.8 Å². The zero-order chi connectivity index (χ0) is 16.5. The van der Waals surface area contributed by atoms with E-state index in [1.54, 1.807) is 14.0 Å². The Morgan fingerprint density at radius 2 is 1.95 bits per heavy atom. The molecule has 2 N–H and O–H groups in total. The first-order valence-electron chi connectivity index (χ1n) is 7.30. The molecular weight excluding hydrogens is 284 g/mol. The third-order valence-electron chi connectivity index (χ3n) is 3.47. The van der Waals surface area contributed by atoms with Gasteiger partial charge in [0.05, 0.1) is 13.2 Å². The van der Waals surface area contributed by atoms with Crippen molar-refractivity contribution in [3.63, 3.8) is 0 Å². The molecule has 0 aliphatic rings. The SMILES string of the molecule is CCOCc1ccccc1CNC(=O)CN(C)C(C)C(=O)O. The highest BCUT2D eigenvalue weighted by Gasteiger charge is 2.18. The Balaban J connectivity index is 2.52. The van der Waals surface area contributed by atoms with Crippen LogP contribution in [-0.4, -0.2) is 48.1 Å². The number of nitrogens with one attached hydrogen (secondary N) is 1. The van der Waals surface area contributed by atoms with Crippen molar-refractivity contribution >= 4 is 11.9 Å². The van der Waals surface area contributed by atoms with Crippen LogP contribution < -0.4 is 5.32 Å². The van der Waals surface area contributed by atoms with Crippen molar-refractivity contribution in [2.75, 3.05) is 20.2 Å². The van der Waals surface area contributed by atoms with E-state index in [2.05, 4.69) is 5.32 Å². The molecule has 0 aromatic heterocycles. The van der Waals surface area contributed by atoms with Gasteiger partial charge in [-0.3, -0.25) is 14.5 Å². The van der Waals surface area contributed by atoms with Gasteiger partial charge in [-0.25, -0.2) is 0 Å². The van der Waals surface area contributed by atoms with Gasteiger partial charge >= 0.3 is 5.97 Å². The number of hydrogen-bond acceptors (Lipinski definition) is 4. The Morgan fingerprint density at radius 1 is 1.32 bits per heavy atom. The molecule has 1 aromatic rings. The van der Waals surface area contributed by atoms with E-state index >= 15 is 0 Å². The van der Waals surface area contributed by atoms with Crippen LogP contribution in [-0.2, 0) is 27.5 Å². The molecular formula is C16H24N2O4. The predicted molar refractivity (Wildman–Crippen MR) is 83.3 cm³/mol. The zero-order valence-electron chi connectivity index (χ0n) is 13.3. The number of carboxylic acid groups (broad SMARTS) is 1. The molecule has 0 aliphatic heterocycles.